The van der Waals surface area contributed by atoms with Crippen LogP contribution in [0.1, 0.15) is 28.8 Å². The van der Waals surface area contributed by atoms with Crippen LogP contribution in [0.5, 0.6) is 0 Å². The van der Waals surface area contributed by atoms with E-state index >= 15 is 0 Å². The molecule has 21 heavy (non-hydrogen) atoms. The maximum absolute atomic E-state index is 11.0. The largest absolute Gasteiger partial charge is 0.478 e. The summed E-state index contributed by atoms with van der Waals surface area (Å²) in [6.07, 6.45) is 1.99. The molecular weight excluding hydrogens is 338 g/mol. The minimum atomic E-state index is -0.910. The molecule has 3 rings (SSSR count). The molecule has 0 atom stereocenters. The molecule has 2 saturated heterocycles. The average Bonchev–Trinajstić information content (AvgIpc) is 2.89. The van der Waals surface area contributed by atoms with Gasteiger partial charge in [0.05, 0.1) is 25.3 Å². The first kappa shape index (κ1) is 15.0. The number of carbonyl (C=O) groups is 1. The molecule has 0 saturated carbocycles. The van der Waals surface area contributed by atoms with Gasteiger partial charge in [-0.1, -0.05) is 22.0 Å². The van der Waals surface area contributed by atoms with Gasteiger partial charge >= 0.3 is 5.97 Å². The van der Waals surface area contributed by atoms with Crippen molar-refractivity contribution in [3.8, 4) is 0 Å². The first-order valence-corrected chi connectivity index (χ1v) is 7.89. The summed E-state index contributed by atoms with van der Waals surface area (Å²) < 4.78 is 12.4. The van der Waals surface area contributed by atoms with Gasteiger partial charge in [-0.3, -0.25) is 4.90 Å². The Bertz CT molecular complexity index is 542. The number of hydrogen-bond acceptors (Lipinski definition) is 4. The molecule has 2 aliphatic rings. The molecule has 1 spiro atoms. The van der Waals surface area contributed by atoms with Gasteiger partial charge in [0.1, 0.15) is 0 Å². The van der Waals surface area contributed by atoms with Gasteiger partial charge < -0.3 is 14.6 Å². The molecule has 0 radical (unpaired) electrons. The number of piperidine rings is 1. The average molecular weight is 356 g/mol. The van der Waals surface area contributed by atoms with E-state index in [4.69, 9.17) is 14.6 Å². The van der Waals surface area contributed by atoms with E-state index in [0.29, 0.717) is 18.8 Å². The van der Waals surface area contributed by atoms with Gasteiger partial charge in [-0.15, -0.1) is 0 Å². The molecule has 0 amide bonds. The maximum Gasteiger partial charge on any atom is 0.335 e. The van der Waals surface area contributed by atoms with Crippen molar-refractivity contribution in [1.29, 1.82) is 0 Å². The van der Waals surface area contributed by atoms with Gasteiger partial charge in [-0.05, 0) is 30.7 Å². The zero-order valence-corrected chi connectivity index (χ0v) is 13.3. The molecule has 6 heteroatoms. The lowest BCUT2D eigenvalue weighted by atomic mass is 10.0. The minimum absolute atomic E-state index is 0.295. The summed E-state index contributed by atoms with van der Waals surface area (Å²) >= 11 is 3.46. The zero-order valence-electron chi connectivity index (χ0n) is 11.7. The maximum atomic E-state index is 11.0. The lowest BCUT2D eigenvalue weighted by Crippen LogP contribution is -2.48. The Labute approximate surface area is 132 Å². The Morgan fingerprint density at radius 3 is 2.81 bits per heavy atom. The van der Waals surface area contributed by atoms with Crippen LogP contribution in [0, 0.1) is 0 Å². The lowest BCUT2D eigenvalue weighted by Gasteiger charge is -2.38. The third-order valence-electron chi connectivity index (χ3n) is 4.00. The van der Waals surface area contributed by atoms with Crippen LogP contribution in [-0.4, -0.2) is 48.1 Å². The van der Waals surface area contributed by atoms with E-state index in [1.165, 1.54) is 0 Å². The number of ether oxygens (including phenoxy) is 2. The molecule has 0 bridgehead atoms. The highest BCUT2D eigenvalue weighted by Gasteiger charge is 2.40. The summed E-state index contributed by atoms with van der Waals surface area (Å²) in [5, 5.41) is 9.00. The Morgan fingerprint density at radius 2 is 2.14 bits per heavy atom. The summed E-state index contributed by atoms with van der Waals surface area (Å²) in [5.41, 5.74) is 1.37. The Balaban J connectivity index is 1.70. The number of halogens is 1. The molecule has 0 aliphatic carbocycles. The Kier molecular flexibility index (Phi) is 4.31. The number of rotatable bonds is 3. The quantitative estimate of drug-likeness (QED) is 0.902. The van der Waals surface area contributed by atoms with E-state index in [2.05, 4.69) is 20.8 Å². The van der Waals surface area contributed by atoms with Gasteiger partial charge in [-0.25, -0.2) is 4.79 Å². The summed E-state index contributed by atoms with van der Waals surface area (Å²) in [6, 6.07) is 5.16. The second-order valence-electron chi connectivity index (χ2n) is 5.53. The predicted molar refractivity (Wildman–Crippen MR) is 80.2 cm³/mol. The number of hydrogen-bond donors (Lipinski definition) is 1. The highest BCUT2D eigenvalue weighted by Crippen LogP contribution is 2.31. The summed E-state index contributed by atoms with van der Waals surface area (Å²) in [5.74, 6) is -1.34. The number of carboxylic acid groups (broad SMARTS) is 1. The summed E-state index contributed by atoms with van der Waals surface area (Å²) in [7, 11) is 0. The third kappa shape index (κ3) is 3.29. The van der Waals surface area contributed by atoms with Crippen LogP contribution >= 0.6 is 15.9 Å². The van der Waals surface area contributed by atoms with Gasteiger partial charge in [0, 0.05) is 17.4 Å². The van der Waals surface area contributed by atoms with E-state index in [1.54, 1.807) is 12.1 Å². The van der Waals surface area contributed by atoms with Crippen molar-refractivity contribution in [3.05, 3.63) is 33.8 Å². The second kappa shape index (κ2) is 6.04. The summed E-state index contributed by atoms with van der Waals surface area (Å²) in [6.45, 7) is 3.87. The normalized spacial score (nSPS) is 21.8. The standard InChI is InChI=1S/C15H18BrNO4/c16-13-8-11(14(18)19)2-3-12(13)9-17-5-1-4-15(10-17)20-6-7-21-15/h2-3,8H,1,4-7,9-10H2,(H,18,19). The fraction of sp³-hybridized carbons (Fsp3) is 0.533. The number of nitrogens with zero attached hydrogens (tertiary/aromatic N) is 1. The van der Waals surface area contributed by atoms with Crippen molar-refractivity contribution in [2.24, 2.45) is 0 Å². The van der Waals surface area contributed by atoms with Crippen LogP contribution in [0.2, 0.25) is 0 Å². The van der Waals surface area contributed by atoms with E-state index in [1.807, 2.05) is 6.07 Å². The zero-order chi connectivity index (χ0) is 14.9. The molecule has 0 aromatic heterocycles. The molecule has 5 nitrogen and oxygen atoms in total. The SMILES string of the molecule is O=C(O)c1ccc(CN2CCCC3(C2)OCCO3)c(Br)c1. The van der Waals surface area contributed by atoms with E-state index in [9.17, 15) is 4.79 Å². The molecule has 114 valence electrons. The molecule has 2 fully saturated rings. The van der Waals surface area contributed by atoms with E-state index in [-0.39, 0.29) is 0 Å². The first-order valence-electron chi connectivity index (χ1n) is 7.10. The fourth-order valence-electron chi connectivity index (χ4n) is 2.99. The van der Waals surface area contributed by atoms with Gasteiger partial charge in [0.25, 0.3) is 0 Å². The van der Waals surface area contributed by atoms with Crippen molar-refractivity contribution in [2.45, 2.75) is 25.2 Å². The molecule has 1 aromatic carbocycles. The molecule has 2 heterocycles. The van der Waals surface area contributed by atoms with E-state index < -0.39 is 11.8 Å². The van der Waals surface area contributed by atoms with Crippen LogP contribution in [-0.2, 0) is 16.0 Å². The topological polar surface area (TPSA) is 59.0 Å². The smallest absolute Gasteiger partial charge is 0.335 e. The first-order chi connectivity index (χ1) is 10.1. The van der Waals surface area contributed by atoms with Crippen LogP contribution in [0.3, 0.4) is 0 Å². The van der Waals surface area contributed by atoms with Crippen molar-refractivity contribution in [3.63, 3.8) is 0 Å². The van der Waals surface area contributed by atoms with Crippen molar-refractivity contribution in [2.75, 3.05) is 26.3 Å². The number of benzene rings is 1. The molecule has 1 aromatic rings. The molecular formula is C15H18BrNO4. The lowest BCUT2D eigenvalue weighted by molar-refractivity contribution is -0.190. The molecule has 0 unspecified atom stereocenters. The number of aromatic carboxylic acids is 1. The second-order valence-corrected chi connectivity index (χ2v) is 6.39. The monoisotopic (exact) mass is 355 g/mol. The Hall–Kier alpha value is -0.950. The summed E-state index contributed by atoms with van der Waals surface area (Å²) in [4.78, 5) is 13.3. The van der Waals surface area contributed by atoms with Crippen LogP contribution < -0.4 is 0 Å². The van der Waals surface area contributed by atoms with Crippen molar-refractivity contribution >= 4 is 21.9 Å². The Morgan fingerprint density at radius 1 is 1.38 bits per heavy atom. The highest BCUT2D eigenvalue weighted by atomic mass is 79.9. The van der Waals surface area contributed by atoms with Crippen LogP contribution in [0.15, 0.2) is 22.7 Å². The molecule has 2 aliphatic heterocycles. The van der Waals surface area contributed by atoms with Crippen molar-refractivity contribution in [1.82, 2.24) is 4.90 Å². The van der Waals surface area contributed by atoms with E-state index in [0.717, 1.165) is 42.5 Å². The third-order valence-corrected chi connectivity index (χ3v) is 4.74. The minimum Gasteiger partial charge on any atom is -0.478 e. The fourth-order valence-corrected chi connectivity index (χ4v) is 3.49. The number of carboxylic acids is 1. The number of likely N-dealkylation sites (tertiary alicyclic amines) is 1. The molecule has 1 N–H and O–H groups in total. The van der Waals surface area contributed by atoms with Crippen LogP contribution in [0.25, 0.3) is 0 Å². The van der Waals surface area contributed by atoms with Gasteiger partial charge in [0.15, 0.2) is 5.79 Å². The van der Waals surface area contributed by atoms with Gasteiger partial charge in [0.2, 0.25) is 0 Å². The highest BCUT2D eigenvalue weighted by molar-refractivity contribution is 9.10. The predicted octanol–water partition coefficient (Wildman–Crippen LogP) is 2.49. The van der Waals surface area contributed by atoms with Crippen LogP contribution in [0.4, 0.5) is 0 Å². The van der Waals surface area contributed by atoms with Crippen molar-refractivity contribution < 1.29 is 19.4 Å². The van der Waals surface area contributed by atoms with Gasteiger partial charge in [-0.2, -0.15) is 0 Å².